The maximum absolute atomic E-state index is 13.5. The molecule has 1 aromatic carbocycles. The van der Waals surface area contributed by atoms with Crippen molar-refractivity contribution >= 4 is 50.0 Å². The fraction of sp³-hybridized carbons (Fsp3) is 0.318. The van der Waals surface area contributed by atoms with E-state index in [1.807, 2.05) is 24.0 Å². The first kappa shape index (κ1) is 19.5. The van der Waals surface area contributed by atoms with Gasteiger partial charge in [0, 0.05) is 45.8 Å². The number of hydrogen-bond donors (Lipinski definition) is 1. The zero-order valence-electron chi connectivity index (χ0n) is 16.4. The van der Waals surface area contributed by atoms with Gasteiger partial charge in [0.1, 0.15) is 15.6 Å². The molecule has 1 fully saturated rings. The second kappa shape index (κ2) is 7.06. The predicted molar refractivity (Wildman–Crippen MR) is 118 cm³/mol. The molecule has 4 heterocycles. The van der Waals surface area contributed by atoms with Crippen LogP contribution in [0.1, 0.15) is 45.7 Å². The van der Waals surface area contributed by atoms with Crippen molar-refractivity contribution in [3.05, 3.63) is 53.0 Å². The van der Waals surface area contributed by atoms with Crippen molar-refractivity contribution in [1.29, 1.82) is 0 Å². The normalized spacial score (nSPS) is 18.1. The van der Waals surface area contributed by atoms with Gasteiger partial charge in [-0.3, -0.25) is 9.59 Å². The van der Waals surface area contributed by atoms with Crippen molar-refractivity contribution < 1.29 is 14.0 Å². The number of Topliss-reactive ketones (excluding diaryl/α,β-unsaturated/α-hetero) is 1. The first-order valence-corrected chi connectivity index (χ1v) is 11.5. The third-order valence-corrected chi connectivity index (χ3v) is 8.44. The van der Waals surface area contributed by atoms with E-state index in [1.54, 1.807) is 17.8 Å². The highest BCUT2D eigenvalue weighted by Gasteiger charge is 2.43. The maximum Gasteiger partial charge on any atom is 0.257 e. The van der Waals surface area contributed by atoms with Gasteiger partial charge < -0.3 is 10.6 Å². The van der Waals surface area contributed by atoms with E-state index in [-0.39, 0.29) is 22.3 Å². The summed E-state index contributed by atoms with van der Waals surface area (Å²) in [7, 11) is 0. The third kappa shape index (κ3) is 3.18. The molecule has 0 saturated carbocycles. The predicted octanol–water partition coefficient (Wildman–Crippen LogP) is 4.68. The molecule has 0 atom stereocenters. The fourth-order valence-electron chi connectivity index (χ4n) is 4.33. The zero-order chi connectivity index (χ0) is 21.0. The van der Waals surface area contributed by atoms with E-state index in [0.717, 1.165) is 20.8 Å². The second-order valence-corrected chi connectivity index (χ2v) is 10.5. The minimum Gasteiger partial charge on any atom is -0.390 e. The Balaban J connectivity index is 1.37. The summed E-state index contributed by atoms with van der Waals surface area (Å²) in [5.41, 5.74) is 8.08. The topological polar surface area (TPSA) is 76.3 Å². The van der Waals surface area contributed by atoms with Gasteiger partial charge in [0.15, 0.2) is 5.78 Å². The van der Waals surface area contributed by atoms with E-state index in [1.165, 1.54) is 23.5 Å². The summed E-state index contributed by atoms with van der Waals surface area (Å²) >= 11 is 2.99. The monoisotopic (exact) mass is 441 g/mol. The van der Waals surface area contributed by atoms with Crippen LogP contribution in [0.2, 0.25) is 0 Å². The number of thioether (sulfide) groups is 1. The van der Waals surface area contributed by atoms with Crippen molar-refractivity contribution in [3.63, 3.8) is 0 Å². The van der Waals surface area contributed by atoms with Crippen LogP contribution in [-0.2, 0) is 0 Å². The molecule has 30 heavy (non-hydrogen) atoms. The van der Waals surface area contributed by atoms with Gasteiger partial charge in [-0.25, -0.2) is 9.37 Å². The summed E-state index contributed by atoms with van der Waals surface area (Å²) in [5, 5.41) is 1.29. The number of nitrogens with zero attached hydrogens (tertiary/aromatic N) is 2. The lowest BCUT2D eigenvalue weighted by Gasteiger charge is -2.43. The number of aromatic nitrogens is 1. The number of thiophene rings is 1. The Morgan fingerprint density at radius 3 is 2.77 bits per heavy atom. The van der Waals surface area contributed by atoms with Crippen LogP contribution in [-0.4, -0.2) is 39.4 Å². The Hall–Kier alpha value is -2.45. The number of fused-ring (bicyclic) bond motifs is 2. The number of nitrogens with two attached hydrogens (primary N) is 1. The van der Waals surface area contributed by atoms with E-state index in [9.17, 15) is 14.0 Å². The molecule has 1 amide bonds. The van der Waals surface area contributed by atoms with Gasteiger partial charge in [-0.1, -0.05) is 11.3 Å². The summed E-state index contributed by atoms with van der Waals surface area (Å²) in [6.45, 7) is 3.04. The first-order chi connectivity index (χ1) is 14.3. The second-order valence-electron chi connectivity index (χ2n) is 7.96. The number of carbonyl (C=O) groups excluding carboxylic acids is 2. The Bertz CT molecular complexity index is 1200. The number of nitrogen functional groups attached to an aromatic ring is 1. The van der Waals surface area contributed by atoms with Crippen LogP contribution < -0.4 is 5.73 Å². The van der Waals surface area contributed by atoms with E-state index in [2.05, 4.69) is 4.98 Å². The van der Waals surface area contributed by atoms with Crippen molar-refractivity contribution in [1.82, 2.24) is 9.88 Å². The van der Waals surface area contributed by atoms with Crippen molar-refractivity contribution in [2.75, 3.05) is 18.8 Å². The average Bonchev–Trinajstić information content (AvgIpc) is 3.03. The van der Waals surface area contributed by atoms with Gasteiger partial charge in [-0.05, 0) is 50.1 Å². The standard InChI is InChI=1S/C22H20FN3O2S2/c1-12-2-4-14-18(19(24)29-20(14)25-12)21(28)26-8-6-22(7-9-26)11-16(27)15-10-13(23)3-5-17(15)30-22/h2-5,10H,6-9,11,24H2,1H3. The molecule has 154 valence electrons. The highest BCUT2D eigenvalue weighted by molar-refractivity contribution is 8.01. The van der Waals surface area contributed by atoms with Crippen LogP contribution in [0.15, 0.2) is 35.2 Å². The van der Waals surface area contributed by atoms with Gasteiger partial charge in [0.2, 0.25) is 0 Å². The summed E-state index contributed by atoms with van der Waals surface area (Å²) in [5.74, 6) is -0.476. The van der Waals surface area contributed by atoms with Crippen molar-refractivity contribution in [2.24, 2.45) is 0 Å². The van der Waals surface area contributed by atoms with E-state index < -0.39 is 0 Å². The lowest BCUT2D eigenvalue weighted by atomic mass is 9.87. The van der Waals surface area contributed by atoms with E-state index in [0.29, 0.717) is 48.5 Å². The molecule has 0 radical (unpaired) electrons. The van der Waals surface area contributed by atoms with Crippen LogP contribution in [0.25, 0.3) is 10.2 Å². The molecule has 0 aliphatic carbocycles. The lowest BCUT2D eigenvalue weighted by molar-refractivity contribution is 0.0699. The van der Waals surface area contributed by atoms with E-state index >= 15 is 0 Å². The molecule has 1 spiro atoms. The van der Waals surface area contributed by atoms with Crippen LogP contribution in [0.5, 0.6) is 0 Å². The molecular weight excluding hydrogens is 421 g/mol. The van der Waals surface area contributed by atoms with Crippen LogP contribution in [0.3, 0.4) is 0 Å². The van der Waals surface area contributed by atoms with E-state index in [4.69, 9.17) is 5.73 Å². The SMILES string of the molecule is Cc1ccc2c(C(=O)N3CCC4(CC3)CC(=O)c3cc(F)ccc3S4)c(N)sc2n1. The van der Waals surface area contributed by atoms with Crippen LogP contribution in [0.4, 0.5) is 9.39 Å². The molecule has 1 saturated heterocycles. The molecule has 0 bridgehead atoms. The van der Waals surface area contributed by atoms with Gasteiger partial charge in [-0.2, -0.15) is 0 Å². The molecule has 5 rings (SSSR count). The molecular formula is C22H20FN3O2S2. The minimum absolute atomic E-state index is 0.0162. The first-order valence-electron chi connectivity index (χ1n) is 9.82. The van der Waals surface area contributed by atoms with Crippen LogP contribution in [0, 0.1) is 12.7 Å². The Labute approximate surface area is 181 Å². The molecule has 2 aliphatic rings. The fourth-order valence-corrected chi connectivity index (χ4v) is 6.78. The Morgan fingerprint density at radius 2 is 2.00 bits per heavy atom. The quantitative estimate of drug-likeness (QED) is 0.593. The number of rotatable bonds is 1. The molecule has 2 N–H and O–H groups in total. The summed E-state index contributed by atoms with van der Waals surface area (Å²) in [6, 6.07) is 8.22. The molecule has 5 nitrogen and oxygen atoms in total. The van der Waals surface area contributed by atoms with Gasteiger partial charge in [0.05, 0.1) is 5.56 Å². The summed E-state index contributed by atoms with van der Waals surface area (Å²) < 4.78 is 13.3. The zero-order valence-corrected chi connectivity index (χ0v) is 18.0. The highest BCUT2D eigenvalue weighted by atomic mass is 32.2. The van der Waals surface area contributed by atoms with Crippen molar-refractivity contribution in [2.45, 2.75) is 35.8 Å². The number of hydrogen-bond acceptors (Lipinski definition) is 6. The Morgan fingerprint density at radius 1 is 1.23 bits per heavy atom. The molecule has 8 heteroatoms. The molecule has 3 aromatic rings. The Kier molecular flexibility index (Phi) is 4.59. The highest BCUT2D eigenvalue weighted by Crippen LogP contribution is 2.49. The summed E-state index contributed by atoms with van der Waals surface area (Å²) in [6.07, 6.45) is 1.81. The van der Waals surface area contributed by atoms with Gasteiger partial charge in [0.25, 0.3) is 5.91 Å². The largest absolute Gasteiger partial charge is 0.390 e. The smallest absolute Gasteiger partial charge is 0.257 e. The van der Waals surface area contributed by atoms with Gasteiger partial charge in [-0.15, -0.1) is 11.8 Å². The number of halogens is 1. The third-order valence-electron chi connectivity index (χ3n) is 5.95. The number of aryl methyl sites for hydroxylation is 1. The maximum atomic E-state index is 13.5. The molecule has 2 aromatic heterocycles. The number of amides is 1. The number of likely N-dealkylation sites (tertiary alicyclic amines) is 1. The number of ketones is 1. The number of benzene rings is 1. The molecule has 0 unspecified atom stereocenters. The minimum atomic E-state index is -0.385. The van der Waals surface area contributed by atoms with Crippen molar-refractivity contribution in [3.8, 4) is 0 Å². The van der Waals surface area contributed by atoms with Crippen LogP contribution >= 0.6 is 23.1 Å². The van der Waals surface area contributed by atoms with Gasteiger partial charge >= 0.3 is 0 Å². The average molecular weight is 442 g/mol. The number of pyridine rings is 1. The summed E-state index contributed by atoms with van der Waals surface area (Å²) in [4.78, 5) is 33.8. The number of piperidine rings is 1. The molecule has 2 aliphatic heterocycles. The number of anilines is 1. The number of carbonyl (C=O) groups is 2. The lowest BCUT2D eigenvalue weighted by Crippen LogP contribution is -2.47.